The van der Waals surface area contributed by atoms with Gasteiger partial charge < -0.3 is 19.7 Å². The van der Waals surface area contributed by atoms with Gasteiger partial charge in [-0.05, 0) is 44.5 Å². The molecule has 0 bridgehead atoms. The summed E-state index contributed by atoms with van der Waals surface area (Å²) in [4.78, 5) is 17.1. The molecule has 0 aliphatic carbocycles. The first kappa shape index (κ1) is 17.0. The number of nitrogens with zero attached hydrogens (tertiary/aromatic N) is 2. The van der Waals surface area contributed by atoms with Crippen LogP contribution in [0.2, 0.25) is 0 Å². The van der Waals surface area contributed by atoms with E-state index in [0.29, 0.717) is 5.75 Å². The Hall–Kier alpha value is -1.79. The highest BCUT2D eigenvalue weighted by Crippen LogP contribution is 2.31. The number of carbonyl (C=O) groups is 1. The van der Waals surface area contributed by atoms with Crippen LogP contribution in [0.15, 0.2) is 18.2 Å². The van der Waals surface area contributed by atoms with E-state index in [1.807, 2.05) is 30.0 Å². The van der Waals surface area contributed by atoms with Crippen LogP contribution < -0.4 is 10.1 Å². The number of hydrogen-bond acceptors (Lipinski definition) is 4. The van der Waals surface area contributed by atoms with Gasteiger partial charge in [-0.25, -0.2) is 4.79 Å². The van der Waals surface area contributed by atoms with Gasteiger partial charge in [0.05, 0.1) is 12.8 Å². The first-order chi connectivity index (χ1) is 11.5. The molecule has 0 unspecified atom stereocenters. The summed E-state index contributed by atoms with van der Waals surface area (Å²) < 4.78 is 10.9. The van der Waals surface area contributed by atoms with Crippen molar-refractivity contribution < 1.29 is 14.3 Å². The smallest absolute Gasteiger partial charge is 0.322 e. The van der Waals surface area contributed by atoms with E-state index in [4.69, 9.17) is 9.47 Å². The van der Waals surface area contributed by atoms with Gasteiger partial charge in [0.1, 0.15) is 5.75 Å². The molecule has 0 saturated carbocycles. The van der Waals surface area contributed by atoms with Crippen LogP contribution in [0.25, 0.3) is 0 Å². The molecule has 1 spiro atoms. The molecule has 2 aliphatic heterocycles. The quantitative estimate of drug-likeness (QED) is 0.902. The lowest BCUT2D eigenvalue weighted by atomic mass is 9.86. The molecule has 1 aromatic carbocycles. The van der Waals surface area contributed by atoms with Crippen molar-refractivity contribution in [2.24, 2.45) is 0 Å². The number of anilines is 1. The number of carbonyl (C=O) groups excluding carboxylic acids is 1. The van der Waals surface area contributed by atoms with Crippen LogP contribution in [0, 0.1) is 6.92 Å². The van der Waals surface area contributed by atoms with Crippen molar-refractivity contribution in [1.82, 2.24) is 9.80 Å². The highest BCUT2D eigenvalue weighted by molar-refractivity contribution is 5.91. The van der Waals surface area contributed by atoms with Crippen molar-refractivity contribution in [2.45, 2.75) is 25.3 Å². The topological polar surface area (TPSA) is 54.0 Å². The maximum Gasteiger partial charge on any atom is 0.322 e. The van der Waals surface area contributed by atoms with Crippen LogP contribution >= 0.6 is 0 Å². The van der Waals surface area contributed by atoms with Gasteiger partial charge in [0.2, 0.25) is 0 Å². The summed E-state index contributed by atoms with van der Waals surface area (Å²) >= 11 is 0. The Kier molecular flexibility index (Phi) is 4.96. The van der Waals surface area contributed by atoms with Crippen LogP contribution in [0.1, 0.15) is 18.4 Å². The maximum absolute atomic E-state index is 12.8. The Labute approximate surface area is 143 Å². The predicted molar refractivity (Wildman–Crippen MR) is 93.7 cm³/mol. The second-order valence-electron chi connectivity index (χ2n) is 6.81. The van der Waals surface area contributed by atoms with Crippen LogP contribution in [-0.4, -0.2) is 68.4 Å². The molecule has 2 saturated heterocycles. The van der Waals surface area contributed by atoms with E-state index < -0.39 is 0 Å². The van der Waals surface area contributed by atoms with Crippen molar-refractivity contribution >= 4 is 11.7 Å². The van der Waals surface area contributed by atoms with Gasteiger partial charge in [0.15, 0.2) is 0 Å². The number of piperazine rings is 1. The van der Waals surface area contributed by atoms with Crippen LogP contribution in [-0.2, 0) is 4.74 Å². The average Bonchev–Trinajstić information content (AvgIpc) is 2.58. The fourth-order valence-electron chi connectivity index (χ4n) is 3.64. The van der Waals surface area contributed by atoms with E-state index in [-0.39, 0.29) is 11.6 Å². The minimum Gasteiger partial charge on any atom is -0.495 e. The largest absolute Gasteiger partial charge is 0.495 e. The highest BCUT2D eigenvalue weighted by atomic mass is 16.5. The third kappa shape index (κ3) is 3.35. The van der Waals surface area contributed by atoms with Crippen LogP contribution in [0.4, 0.5) is 10.5 Å². The number of methoxy groups -OCH3 is 1. The van der Waals surface area contributed by atoms with E-state index in [2.05, 4.69) is 17.3 Å². The van der Waals surface area contributed by atoms with E-state index >= 15 is 0 Å². The van der Waals surface area contributed by atoms with Crippen molar-refractivity contribution in [3.05, 3.63) is 23.8 Å². The molecule has 2 heterocycles. The molecule has 132 valence electrons. The molecule has 0 radical (unpaired) electrons. The summed E-state index contributed by atoms with van der Waals surface area (Å²) in [5.74, 6) is 0.684. The third-order valence-corrected chi connectivity index (χ3v) is 5.31. The summed E-state index contributed by atoms with van der Waals surface area (Å²) in [6.45, 7) is 5.91. The number of ether oxygens (including phenoxy) is 2. The molecule has 6 nitrogen and oxygen atoms in total. The lowest BCUT2D eigenvalue weighted by Crippen LogP contribution is -2.64. The third-order valence-electron chi connectivity index (χ3n) is 5.31. The minimum atomic E-state index is -0.0575. The lowest BCUT2D eigenvalue weighted by molar-refractivity contribution is -0.0504. The molecule has 0 atom stereocenters. The second-order valence-corrected chi connectivity index (χ2v) is 6.81. The van der Waals surface area contributed by atoms with Crippen molar-refractivity contribution in [3.63, 3.8) is 0 Å². The number of benzene rings is 1. The summed E-state index contributed by atoms with van der Waals surface area (Å²) in [7, 11) is 3.78. The molecule has 6 heteroatoms. The zero-order chi connectivity index (χ0) is 17.2. The Morgan fingerprint density at radius 1 is 1.29 bits per heavy atom. The number of aryl methyl sites for hydroxylation is 1. The van der Waals surface area contributed by atoms with Crippen molar-refractivity contribution in [1.29, 1.82) is 0 Å². The van der Waals surface area contributed by atoms with Crippen LogP contribution in [0.3, 0.4) is 0 Å². The lowest BCUT2D eigenvalue weighted by Gasteiger charge is -2.51. The molecule has 2 fully saturated rings. The van der Waals surface area contributed by atoms with Gasteiger partial charge in [0.25, 0.3) is 0 Å². The number of urea groups is 1. The number of nitrogens with one attached hydrogen (secondary N) is 1. The zero-order valence-electron chi connectivity index (χ0n) is 14.8. The minimum absolute atomic E-state index is 0.0462. The van der Waals surface area contributed by atoms with E-state index in [9.17, 15) is 4.79 Å². The summed E-state index contributed by atoms with van der Waals surface area (Å²) in [6, 6.07) is 5.74. The fraction of sp³-hybridized carbons (Fsp3) is 0.611. The van der Waals surface area contributed by atoms with Gasteiger partial charge in [-0.15, -0.1) is 0 Å². The van der Waals surface area contributed by atoms with E-state index in [1.165, 1.54) is 0 Å². The second kappa shape index (κ2) is 6.99. The zero-order valence-corrected chi connectivity index (χ0v) is 14.8. The summed E-state index contributed by atoms with van der Waals surface area (Å²) in [5, 5.41) is 3.02. The van der Waals surface area contributed by atoms with Gasteiger partial charge in [-0.3, -0.25) is 4.90 Å². The Balaban J connectivity index is 1.72. The maximum atomic E-state index is 12.8. The monoisotopic (exact) mass is 333 g/mol. The summed E-state index contributed by atoms with van der Waals surface area (Å²) in [6.07, 6.45) is 1.95. The first-order valence-corrected chi connectivity index (χ1v) is 8.54. The van der Waals surface area contributed by atoms with Gasteiger partial charge in [-0.1, -0.05) is 6.07 Å². The highest BCUT2D eigenvalue weighted by Gasteiger charge is 2.42. The molecule has 2 aliphatic rings. The fourth-order valence-corrected chi connectivity index (χ4v) is 3.64. The van der Waals surface area contributed by atoms with Crippen molar-refractivity contribution in [3.8, 4) is 5.75 Å². The summed E-state index contributed by atoms with van der Waals surface area (Å²) in [5.41, 5.74) is 1.86. The average molecular weight is 333 g/mol. The van der Waals surface area contributed by atoms with Gasteiger partial charge in [-0.2, -0.15) is 0 Å². The number of rotatable bonds is 2. The standard InChI is InChI=1S/C18H27N3O3/c1-14-4-5-16(23-3)15(12-14)19-17(22)21-9-8-20(2)18(13-21)6-10-24-11-7-18/h4-5,12H,6-11,13H2,1-3H3,(H,19,22). The van der Waals surface area contributed by atoms with Gasteiger partial charge >= 0.3 is 6.03 Å². The molecule has 1 N–H and O–H groups in total. The predicted octanol–water partition coefficient (Wildman–Crippen LogP) is 2.33. The Bertz CT molecular complexity index is 599. The van der Waals surface area contributed by atoms with Crippen molar-refractivity contribution in [2.75, 3.05) is 52.3 Å². The van der Waals surface area contributed by atoms with E-state index in [0.717, 1.165) is 56.9 Å². The molecule has 24 heavy (non-hydrogen) atoms. The Morgan fingerprint density at radius 2 is 2.04 bits per heavy atom. The number of likely N-dealkylation sites (N-methyl/N-ethyl adjacent to an activating group) is 1. The molecule has 1 aromatic rings. The SMILES string of the molecule is COc1ccc(C)cc1NC(=O)N1CCN(C)C2(CCOCC2)C1. The molecular weight excluding hydrogens is 306 g/mol. The van der Waals surface area contributed by atoms with Crippen LogP contribution in [0.5, 0.6) is 5.75 Å². The normalized spacial score (nSPS) is 20.9. The number of hydrogen-bond donors (Lipinski definition) is 1. The van der Waals surface area contributed by atoms with E-state index in [1.54, 1.807) is 7.11 Å². The Morgan fingerprint density at radius 3 is 2.75 bits per heavy atom. The van der Waals surface area contributed by atoms with Gasteiger partial charge in [0, 0.05) is 38.4 Å². The number of amides is 2. The molecular formula is C18H27N3O3. The first-order valence-electron chi connectivity index (χ1n) is 8.54. The molecule has 2 amide bonds. The molecule has 0 aromatic heterocycles. The molecule has 3 rings (SSSR count).